The number of rotatable bonds is 6. The second kappa shape index (κ2) is 7.37. The van der Waals surface area contributed by atoms with Gasteiger partial charge in [-0.05, 0) is 18.6 Å². The summed E-state index contributed by atoms with van der Waals surface area (Å²) < 4.78 is 5.47. The Morgan fingerprint density at radius 3 is 2.77 bits per heavy atom. The molecule has 1 nitrogen and oxygen atoms in total. The molecule has 1 unspecified atom stereocenters. The molecule has 1 rings (SSSR count). The predicted molar refractivity (Wildman–Crippen MR) is 61.5 cm³/mol. The Morgan fingerprint density at radius 1 is 1.31 bits per heavy atom. The van der Waals surface area contributed by atoms with Crippen molar-refractivity contribution in [3.05, 3.63) is 30.3 Å². The van der Waals surface area contributed by atoms with Gasteiger partial charge in [-0.25, -0.2) is 0 Å². The van der Waals surface area contributed by atoms with Crippen LogP contribution in [0.25, 0.3) is 0 Å². The summed E-state index contributed by atoms with van der Waals surface area (Å²) in [5.74, 6) is 0. The molecule has 3 heteroatoms. The number of hydrogen-bond acceptors (Lipinski definition) is 2. The van der Waals surface area contributed by atoms with Crippen LogP contribution in [0, 0.1) is 0 Å². The van der Waals surface area contributed by atoms with E-state index in [1.807, 2.05) is 6.07 Å². The molecule has 0 fully saturated rings. The quantitative estimate of drug-likeness (QED) is 0.520. The molecule has 0 aliphatic rings. The molecule has 72 valence electrons. The molecule has 0 heterocycles. The van der Waals surface area contributed by atoms with Crippen molar-refractivity contribution in [1.82, 2.24) is 0 Å². The lowest BCUT2D eigenvalue weighted by molar-refractivity contribution is 0.358. The van der Waals surface area contributed by atoms with Crippen LogP contribution in [-0.2, 0) is 4.52 Å². The van der Waals surface area contributed by atoms with E-state index in [-0.39, 0.29) is 0 Å². The summed E-state index contributed by atoms with van der Waals surface area (Å²) in [5, 5.41) is 0. The first-order valence-corrected chi connectivity index (χ1v) is 6.97. The Bertz CT molecular complexity index is 215. The van der Waals surface area contributed by atoms with Crippen LogP contribution in [0.4, 0.5) is 0 Å². The van der Waals surface area contributed by atoms with Crippen molar-refractivity contribution < 1.29 is 4.52 Å². The maximum atomic E-state index is 5.47. The second-order valence-corrected chi connectivity index (χ2v) is 4.94. The minimum Gasteiger partial charge on any atom is -0.351 e. The zero-order valence-electron chi connectivity index (χ0n) is 7.82. The molecule has 0 saturated carbocycles. The standard InChI is InChI=1S/C10H15OPS/c1-2-3-9-11-12-13-10-7-5-4-6-8-10/h4-8,12H,2-3,9H2,1H3. The lowest BCUT2D eigenvalue weighted by Crippen LogP contribution is -1.81. The molecule has 1 aromatic rings. The molecule has 0 bridgehead atoms. The van der Waals surface area contributed by atoms with E-state index in [1.54, 1.807) is 11.4 Å². The van der Waals surface area contributed by atoms with Crippen LogP contribution in [0.5, 0.6) is 0 Å². The third-order valence-electron chi connectivity index (χ3n) is 1.56. The first-order valence-electron chi connectivity index (χ1n) is 4.52. The van der Waals surface area contributed by atoms with Crippen LogP contribution in [-0.4, -0.2) is 6.61 Å². The minimum absolute atomic E-state index is 0.536. The molecule has 1 aromatic carbocycles. The number of hydrogen-bond donors (Lipinski definition) is 0. The lowest BCUT2D eigenvalue weighted by Gasteiger charge is -2.01. The van der Waals surface area contributed by atoms with E-state index in [0.29, 0.717) is 8.01 Å². The van der Waals surface area contributed by atoms with Gasteiger partial charge in [0.2, 0.25) is 0 Å². The fourth-order valence-corrected chi connectivity index (χ4v) is 2.62. The minimum atomic E-state index is 0.536. The average molecular weight is 214 g/mol. The molecule has 0 amide bonds. The maximum Gasteiger partial charge on any atom is 0.0793 e. The van der Waals surface area contributed by atoms with Crippen molar-refractivity contribution in [1.29, 1.82) is 0 Å². The maximum absolute atomic E-state index is 5.47. The van der Waals surface area contributed by atoms with E-state index in [9.17, 15) is 0 Å². The van der Waals surface area contributed by atoms with Crippen LogP contribution < -0.4 is 0 Å². The number of unbranched alkanes of at least 4 members (excludes halogenated alkanes) is 1. The molecule has 0 aliphatic carbocycles. The van der Waals surface area contributed by atoms with Gasteiger partial charge in [0.15, 0.2) is 0 Å². The fraction of sp³-hybridized carbons (Fsp3) is 0.400. The first-order chi connectivity index (χ1) is 6.43. The van der Waals surface area contributed by atoms with E-state index in [1.165, 1.54) is 17.7 Å². The number of benzene rings is 1. The van der Waals surface area contributed by atoms with Crippen LogP contribution in [0.3, 0.4) is 0 Å². The average Bonchev–Trinajstić information content (AvgIpc) is 2.19. The van der Waals surface area contributed by atoms with Gasteiger partial charge in [0.05, 0.1) is 14.6 Å². The van der Waals surface area contributed by atoms with Gasteiger partial charge in [-0.2, -0.15) is 0 Å². The Balaban J connectivity index is 2.07. The van der Waals surface area contributed by atoms with Crippen molar-refractivity contribution >= 4 is 19.4 Å². The Kier molecular flexibility index (Phi) is 6.26. The van der Waals surface area contributed by atoms with E-state index in [0.717, 1.165) is 6.61 Å². The van der Waals surface area contributed by atoms with E-state index in [2.05, 4.69) is 31.2 Å². The van der Waals surface area contributed by atoms with E-state index in [4.69, 9.17) is 4.52 Å². The Hall–Kier alpha value is -0.0400. The highest BCUT2D eigenvalue weighted by atomic mass is 32.7. The highest BCUT2D eigenvalue weighted by Crippen LogP contribution is 2.37. The summed E-state index contributed by atoms with van der Waals surface area (Å²) in [6, 6.07) is 10.4. The third-order valence-corrected chi connectivity index (χ3v) is 3.79. The highest BCUT2D eigenvalue weighted by molar-refractivity contribution is 8.48. The smallest absolute Gasteiger partial charge is 0.0793 e. The second-order valence-electron chi connectivity index (χ2n) is 2.70. The summed E-state index contributed by atoms with van der Waals surface area (Å²) in [6.07, 6.45) is 2.38. The van der Waals surface area contributed by atoms with Gasteiger partial charge >= 0.3 is 0 Å². The van der Waals surface area contributed by atoms with Crippen molar-refractivity contribution in [3.63, 3.8) is 0 Å². The van der Waals surface area contributed by atoms with Crippen molar-refractivity contribution in [2.75, 3.05) is 6.61 Å². The molecule has 1 atom stereocenters. The van der Waals surface area contributed by atoms with E-state index >= 15 is 0 Å². The molecular weight excluding hydrogens is 199 g/mol. The molecular formula is C10H15OPS. The van der Waals surface area contributed by atoms with Gasteiger partial charge in [-0.3, -0.25) is 0 Å². The van der Waals surface area contributed by atoms with Crippen molar-refractivity contribution in [3.8, 4) is 0 Å². The Morgan fingerprint density at radius 2 is 2.08 bits per heavy atom. The van der Waals surface area contributed by atoms with Gasteiger partial charge in [0.25, 0.3) is 0 Å². The Labute approximate surface area is 85.9 Å². The summed E-state index contributed by atoms with van der Waals surface area (Å²) >= 11 is 1.78. The molecule has 0 radical (unpaired) electrons. The SMILES string of the molecule is CCCCOPSc1ccccc1. The van der Waals surface area contributed by atoms with Gasteiger partial charge in [-0.1, -0.05) is 42.9 Å². The first kappa shape index (κ1) is 11.0. The molecule has 0 aliphatic heterocycles. The zero-order chi connectivity index (χ0) is 9.36. The van der Waals surface area contributed by atoms with Crippen molar-refractivity contribution in [2.24, 2.45) is 0 Å². The lowest BCUT2D eigenvalue weighted by atomic mass is 10.4. The molecule has 0 aromatic heterocycles. The predicted octanol–water partition coefficient (Wildman–Crippen LogP) is 4.10. The van der Waals surface area contributed by atoms with Crippen LogP contribution >= 0.6 is 19.4 Å². The highest BCUT2D eigenvalue weighted by Gasteiger charge is 1.91. The van der Waals surface area contributed by atoms with Crippen LogP contribution in [0.1, 0.15) is 19.8 Å². The molecule has 13 heavy (non-hydrogen) atoms. The summed E-state index contributed by atoms with van der Waals surface area (Å²) in [7, 11) is 0.536. The molecule has 0 saturated heterocycles. The van der Waals surface area contributed by atoms with Crippen molar-refractivity contribution in [2.45, 2.75) is 24.7 Å². The summed E-state index contributed by atoms with van der Waals surface area (Å²) in [5.41, 5.74) is 0. The van der Waals surface area contributed by atoms with Crippen LogP contribution in [0.2, 0.25) is 0 Å². The topological polar surface area (TPSA) is 9.23 Å². The van der Waals surface area contributed by atoms with Gasteiger partial charge in [0.1, 0.15) is 0 Å². The summed E-state index contributed by atoms with van der Waals surface area (Å²) in [4.78, 5) is 1.29. The molecule has 0 N–H and O–H groups in total. The normalized spacial score (nSPS) is 11.2. The fourth-order valence-electron chi connectivity index (χ4n) is 0.824. The van der Waals surface area contributed by atoms with Gasteiger partial charge in [-0.15, -0.1) is 0 Å². The molecule has 0 spiro atoms. The van der Waals surface area contributed by atoms with Gasteiger partial charge in [0, 0.05) is 4.90 Å². The monoisotopic (exact) mass is 214 g/mol. The summed E-state index contributed by atoms with van der Waals surface area (Å²) in [6.45, 7) is 3.07. The third kappa shape index (κ3) is 5.30. The van der Waals surface area contributed by atoms with Gasteiger partial charge < -0.3 is 4.52 Å². The van der Waals surface area contributed by atoms with E-state index < -0.39 is 0 Å². The van der Waals surface area contributed by atoms with Crippen LogP contribution in [0.15, 0.2) is 35.2 Å². The zero-order valence-corrected chi connectivity index (χ0v) is 9.64. The largest absolute Gasteiger partial charge is 0.351 e.